The van der Waals surface area contributed by atoms with E-state index in [2.05, 4.69) is 27.6 Å². The van der Waals surface area contributed by atoms with Crippen molar-refractivity contribution in [2.75, 3.05) is 13.1 Å². The van der Waals surface area contributed by atoms with Crippen LogP contribution in [0.1, 0.15) is 24.5 Å². The van der Waals surface area contributed by atoms with Crippen LogP contribution in [0.4, 0.5) is 0 Å². The number of nitrogens with zero attached hydrogens (tertiary/aromatic N) is 2. The van der Waals surface area contributed by atoms with Crippen LogP contribution in [0.25, 0.3) is 0 Å². The zero-order chi connectivity index (χ0) is 13.2. The number of carbonyl (C=O) groups is 1. The summed E-state index contributed by atoms with van der Waals surface area (Å²) < 4.78 is 6.68. The fourth-order valence-corrected chi connectivity index (χ4v) is 3.28. The van der Waals surface area contributed by atoms with E-state index in [1.54, 1.807) is 0 Å². The highest BCUT2D eigenvalue weighted by Gasteiger charge is 2.38. The lowest BCUT2D eigenvalue weighted by molar-refractivity contribution is -0.133. The molecular formula is C14H15IN2O2. The fraction of sp³-hybridized carbons (Fsp3) is 0.429. The number of amides is 1. The van der Waals surface area contributed by atoms with Crippen molar-refractivity contribution in [2.24, 2.45) is 4.99 Å². The van der Waals surface area contributed by atoms with E-state index in [-0.39, 0.29) is 12.0 Å². The van der Waals surface area contributed by atoms with Crippen LogP contribution in [0.5, 0.6) is 0 Å². The number of rotatable bonds is 2. The lowest BCUT2D eigenvalue weighted by Gasteiger charge is -2.23. The van der Waals surface area contributed by atoms with Crippen molar-refractivity contribution >= 4 is 34.9 Å². The average molecular weight is 370 g/mol. The smallest absolute Gasteiger partial charge is 0.251 e. The second-order valence-electron chi connectivity index (χ2n) is 4.81. The van der Waals surface area contributed by atoms with Gasteiger partial charge in [0.05, 0.1) is 0 Å². The summed E-state index contributed by atoms with van der Waals surface area (Å²) in [5, 5.41) is 0. The van der Waals surface area contributed by atoms with Gasteiger partial charge in [-0.15, -0.1) is 0 Å². The second kappa shape index (κ2) is 5.48. The summed E-state index contributed by atoms with van der Waals surface area (Å²) in [6.45, 7) is 1.70. The number of benzene rings is 1. The third-order valence-corrected chi connectivity index (χ3v) is 4.58. The third kappa shape index (κ3) is 2.48. The number of hydrogen-bond donors (Lipinski definition) is 0. The number of carbonyl (C=O) groups excluding carboxylic acids is 1. The van der Waals surface area contributed by atoms with Crippen molar-refractivity contribution in [1.82, 2.24) is 4.90 Å². The summed E-state index contributed by atoms with van der Waals surface area (Å²) in [7, 11) is 0. The highest BCUT2D eigenvalue weighted by Crippen LogP contribution is 2.31. The summed E-state index contributed by atoms with van der Waals surface area (Å²) in [4.78, 5) is 18.6. The summed E-state index contributed by atoms with van der Waals surface area (Å²) >= 11 is 2.27. The molecule has 2 atom stereocenters. The van der Waals surface area contributed by atoms with Gasteiger partial charge in [0.2, 0.25) is 0 Å². The normalized spacial score (nSPS) is 25.6. The van der Waals surface area contributed by atoms with Crippen LogP contribution >= 0.6 is 22.6 Å². The first-order valence-electron chi connectivity index (χ1n) is 6.48. The Hall–Kier alpha value is -1.11. The standard InChI is InChI=1S/C14H15IN2O2/c15-11-6-2-1-5-10(11)13-12(16-9-19-13)14(18)17-7-3-4-8-17/h1-2,5-6,9,12-13H,3-4,7-8H2/t12-,13+/m0/s1. The Kier molecular flexibility index (Phi) is 3.72. The molecule has 0 aromatic heterocycles. The van der Waals surface area contributed by atoms with Gasteiger partial charge >= 0.3 is 0 Å². The van der Waals surface area contributed by atoms with Crippen LogP contribution < -0.4 is 0 Å². The van der Waals surface area contributed by atoms with Gasteiger partial charge in [0.1, 0.15) is 0 Å². The molecule has 0 saturated carbocycles. The zero-order valence-electron chi connectivity index (χ0n) is 10.5. The molecule has 0 radical (unpaired) electrons. The lowest BCUT2D eigenvalue weighted by atomic mass is 10.0. The quantitative estimate of drug-likeness (QED) is 0.751. The molecule has 100 valence electrons. The van der Waals surface area contributed by atoms with Crippen molar-refractivity contribution in [3.05, 3.63) is 33.4 Å². The maximum absolute atomic E-state index is 12.5. The fourth-order valence-electron chi connectivity index (χ4n) is 2.59. The number of halogens is 1. The highest BCUT2D eigenvalue weighted by atomic mass is 127. The van der Waals surface area contributed by atoms with E-state index < -0.39 is 6.04 Å². The van der Waals surface area contributed by atoms with Crippen LogP contribution in [0.2, 0.25) is 0 Å². The van der Waals surface area contributed by atoms with Crippen molar-refractivity contribution in [1.29, 1.82) is 0 Å². The third-order valence-electron chi connectivity index (χ3n) is 3.60. The molecule has 2 aliphatic rings. The van der Waals surface area contributed by atoms with Crippen molar-refractivity contribution in [3.8, 4) is 0 Å². The Morgan fingerprint density at radius 2 is 2.05 bits per heavy atom. The average Bonchev–Trinajstić information content (AvgIpc) is 3.10. The first-order valence-corrected chi connectivity index (χ1v) is 7.55. The van der Waals surface area contributed by atoms with Crippen LogP contribution in [-0.2, 0) is 9.53 Å². The van der Waals surface area contributed by atoms with Crippen LogP contribution in [0.3, 0.4) is 0 Å². The monoisotopic (exact) mass is 370 g/mol. The Morgan fingerprint density at radius 1 is 1.32 bits per heavy atom. The van der Waals surface area contributed by atoms with Gasteiger partial charge in [-0.05, 0) is 41.5 Å². The molecule has 2 heterocycles. The summed E-state index contributed by atoms with van der Waals surface area (Å²) in [5.41, 5.74) is 1.04. The number of ether oxygens (including phenoxy) is 1. The minimum Gasteiger partial charge on any atom is -0.473 e. The highest BCUT2D eigenvalue weighted by molar-refractivity contribution is 14.1. The minimum atomic E-state index is -0.422. The van der Waals surface area contributed by atoms with Crippen molar-refractivity contribution in [3.63, 3.8) is 0 Å². The number of likely N-dealkylation sites (tertiary alicyclic amines) is 1. The maximum Gasteiger partial charge on any atom is 0.251 e. The summed E-state index contributed by atoms with van der Waals surface area (Å²) in [5.74, 6) is 0.0934. The number of aliphatic imine (C=N–C) groups is 1. The Labute approximate surface area is 126 Å². The van der Waals surface area contributed by atoms with Gasteiger partial charge in [0, 0.05) is 22.2 Å². The molecule has 0 bridgehead atoms. The molecule has 1 fully saturated rings. The van der Waals surface area contributed by atoms with E-state index in [0.29, 0.717) is 0 Å². The largest absolute Gasteiger partial charge is 0.473 e. The molecule has 1 amide bonds. The Bertz CT molecular complexity index is 512. The molecule has 0 aliphatic carbocycles. The van der Waals surface area contributed by atoms with E-state index in [4.69, 9.17) is 4.74 Å². The summed E-state index contributed by atoms with van der Waals surface area (Å²) in [6.07, 6.45) is 3.33. The number of hydrogen-bond acceptors (Lipinski definition) is 3. The van der Waals surface area contributed by atoms with Crippen LogP contribution in [-0.4, -0.2) is 36.3 Å². The molecule has 0 N–H and O–H groups in total. The predicted molar refractivity (Wildman–Crippen MR) is 81.1 cm³/mol. The maximum atomic E-state index is 12.5. The molecule has 0 spiro atoms. The summed E-state index contributed by atoms with van der Waals surface area (Å²) in [6, 6.07) is 7.56. The van der Waals surface area contributed by atoms with Gasteiger partial charge in [-0.2, -0.15) is 0 Å². The molecule has 4 nitrogen and oxygen atoms in total. The van der Waals surface area contributed by atoms with Gasteiger partial charge < -0.3 is 9.64 Å². The van der Waals surface area contributed by atoms with Crippen LogP contribution in [0.15, 0.2) is 29.3 Å². The van der Waals surface area contributed by atoms with Crippen LogP contribution in [0, 0.1) is 3.57 Å². The molecule has 1 aromatic carbocycles. The Morgan fingerprint density at radius 3 is 2.79 bits per heavy atom. The van der Waals surface area contributed by atoms with Gasteiger partial charge in [-0.25, -0.2) is 4.99 Å². The minimum absolute atomic E-state index is 0.0934. The van der Waals surface area contributed by atoms with E-state index >= 15 is 0 Å². The molecule has 0 unspecified atom stereocenters. The Balaban J connectivity index is 1.83. The lowest BCUT2D eigenvalue weighted by Crippen LogP contribution is -2.38. The van der Waals surface area contributed by atoms with E-state index in [1.165, 1.54) is 6.40 Å². The molecule has 5 heteroatoms. The first-order chi connectivity index (χ1) is 9.27. The first kappa shape index (κ1) is 12.9. The molecule has 1 aromatic rings. The molecule has 2 aliphatic heterocycles. The van der Waals surface area contributed by atoms with Gasteiger partial charge in [-0.3, -0.25) is 4.79 Å². The molecule has 19 heavy (non-hydrogen) atoms. The van der Waals surface area contributed by atoms with Gasteiger partial charge in [0.15, 0.2) is 18.5 Å². The molecular weight excluding hydrogens is 355 g/mol. The van der Waals surface area contributed by atoms with Gasteiger partial charge in [-0.1, -0.05) is 18.2 Å². The zero-order valence-corrected chi connectivity index (χ0v) is 12.6. The molecule has 1 saturated heterocycles. The SMILES string of the molecule is O=C([C@H]1N=CO[C@@H]1c1ccccc1I)N1CCCC1. The van der Waals surface area contributed by atoms with Gasteiger partial charge in [0.25, 0.3) is 5.91 Å². The van der Waals surface area contributed by atoms with E-state index in [1.807, 2.05) is 29.2 Å². The van der Waals surface area contributed by atoms with E-state index in [9.17, 15) is 4.79 Å². The predicted octanol–water partition coefficient (Wildman–Crippen LogP) is 2.38. The van der Waals surface area contributed by atoms with E-state index in [0.717, 1.165) is 35.1 Å². The topological polar surface area (TPSA) is 41.9 Å². The van der Waals surface area contributed by atoms with Crippen molar-refractivity contribution < 1.29 is 9.53 Å². The molecule has 3 rings (SSSR count). The second-order valence-corrected chi connectivity index (χ2v) is 5.97. The van der Waals surface area contributed by atoms with Crippen molar-refractivity contribution in [2.45, 2.75) is 25.0 Å².